The number of ether oxygens (including phenoxy) is 1. The number of nitrogens with one attached hydrogen (secondary N) is 1. The maximum absolute atomic E-state index is 12.2. The Labute approximate surface area is 217 Å². The predicted molar refractivity (Wildman–Crippen MR) is 144 cm³/mol. The fourth-order valence-corrected chi connectivity index (χ4v) is 5.68. The van der Waals surface area contributed by atoms with Gasteiger partial charge < -0.3 is 4.74 Å². The molecule has 0 saturated heterocycles. The Bertz CT molecular complexity index is 1260. The number of nitrogens with zero attached hydrogens (tertiary/aromatic N) is 3. The van der Waals surface area contributed by atoms with Crippen LogP contribution < -0.4 is 10.2 Å². The lowest BCUT2D eigenvalue weighted by molar-refractivity contribution is -0.118. The Hall–Kier alpha value is -3.14. The number of amides is 1. The maximum Gasteiger partial charge on any atom is 0.250 e. The van der Waals surface area contributed by atoms with Crippen LogP contribution >= 0.6 is 34.9 Å². The first kappa shape index (κ1) is 25.0. The highest BCUT2D eigenvalue weighted by Crippen LogP contribution is 2.30. The molecule has 0 aliphatic heterocycles. The summed E-state index contributed by atoms with van der Waals surface area (Å²) in [5, 5.41) is 12.4. The van der Waals surface area contributed by atoms with Gasteiger partial charge in [0.25, 0.3) is 5.91 Å². The van der Waals surface area contributed by atoms with Crippen molar-refractivity contribution in [3.63, 3.8) is 0 Å². The topological polar surface area (TPSA) is 76.5 Å². The summed E-state index contributed by atoms with van der Waals surface area (Å²) in [5.74, 6) is 1.60. The molecule has 178 valence electrons. The Morgan fingerprint density at radius 1 is 0.971 bits per heavy atom. The van der Waals surface area contributed by atoms with E-state index in [1.54, 1.807) is 18.0 Å². The SMILES string of the molecule is Cc1ccc(CSc2nnc(SCC(=O)NN=Cc3cccc(OCc4ccccc4)c3)s2)cc1. The molecule has 0 aliphatic carbocycles. The summed E-state index contributed by atoms with van der Waals surface area (Å²) in [6.07, 6.45) is 1.60. The van der Waals surface area contributed by atoms with Crippen molar-refractivity contribution in [2.24, 2.45) is 5.10 Å². The second-order valence-corrected chi connectivity index (χ2v) is 11.0. The van der Waals surface area contributed by atoms with Gasteiger partial charge in [0.15, 0.2) is 8.68 Å². The van der Waals surface area contributed by atoms with Crippen molar-refractivity contribution in [3.05, 3.63) is 101 Å². The van der Waals surface area contributed by atoms with E-state index in [1.165, 1.54) is 34.2 Å². The highest BCUT2D eigenvalue weighted by Gasteiger charge is 2.09. The fourth-order valence-electron chi connectivity index (χ4n) is 2.91. The van der Waals surface area contributed by atoms with Crippen LogP contribution in [0.2, 0.25) is 0 Å². The van der Waals surface area contributed by atoms with Crippen LogP contribution in [0.15, 0.2) is 92.6 Å². The molecule has 0 unspecified atom stereocenters. The molecule has 4 aromatic rings. The summed E-state index contributed by atoms with van der Waals surface area (Å²) in [6.45, 7) is 2.57. The van der Waals surface area contributed by atoms with Crippen molar-refractivity contribution in [1.82, 2.24) is 15.6 Å². The van der Waals surface area contributed by atoms with E-state index in [1.807, 2.05) is 54.6 Å². The Morgan fingerprint density at radius 3 is 2.54 bits per heavy atom. The van der Waals surface area contributed by atoms with Crippen molar-refractivity contribution < 1.29 is 9.53 Å². The van der Waals surface area contributed by atoms with E-state index in [-0.39, 0.29) is 11.7 Å². The smallest absolute Gasteiger partial charge is 0.250 e. The summed E-state index contributed by atoms with van der Waals surface area (Å²) >= 11 is 4.49. The van der Waals surface area contributed by atoms with Gasteiger partial charge in [0.2, 0.25) is 0 Å². The van der Waals surface area contributed by atoms with Crippen molar-refractivity contribution in [1.29, 1.82) is 0 Å². The summed E-state index contributed by atoms with van der Waals surface area (Å²) in [6, 6.07) is 26.0. The summed E-state index contributed by atoms with van der Waals surface area (Å²) in [4.78, 5) is 12.2. The second-order valence-electron chi connectivity index (χ2n) is 7.54. The van der Waals surface area contributed by atoms with E-state index in [2.05, 4.69) is 51.9 Å². The number of rotatable bonds is 11. The van der Waals surface area contributed by atoms with E-state index in [0.29, 0.717) is 6.61 Å². The van der Waals surface area contributed by atoms with Gasteiger partial charge in [0, 0.05) is 5.75 Å². The summed E-state index contributed by atoms with van der Waals surface area (Å²) in [7, 11) is 0. The lowest BCUT2D eigenvalue weighted by Crippen LogP contribution is -2.19. The van der Waals surface area contributed by atoms with Crippen LogP contribution in [0.4, 0.5) is 0 Å². The number of thioether (sulfide) groups is 2. The van der Waals surface area contributed by atoms with Gasteiger partial charge in [-0.05, 0) is 35.7 Å². The van der Waals surface area contributed by atoms with Gasteiger partial charge in [-0.25, -0.2) is 5.43 Å². The molecular weight excluding hydrogens is 497 g/mol. The summed E-state index contributed by atoms with van der Waals surface area (Å²) in [5.41, 5.74) is 6.99. The molecule has 3 aromatic carbocycles. The number of hydrazone groups is 1. The molecule has 0 aliphatic rings. The normalized spacial score (nSPS) is 11.0. The molecule has 35 heavy (non-hydrogen) atoms. The largest absolute Gasteiger partial charge is 0.489 e. The van der Waals surface area contributed by atoms with Crippen LogP contribution in [-0.2, 0) is 17.2 Å². The molecule has 0 atom stereocenters. The van der Waals surface area contributed by atoms with Crippen molar-refractivity contribution in [2.75, 3.05) is 5.75 Å². The van der Waals surface area contributed by atoms with Gasteiger partial charge in [-0.1, -0.05) is 107 Å². The molecule has 1 heterocycles. The van der Waals surface area contributed by atoms with E-state index < -0.39 is 0 Å². The van der Waals surface area contributed by atoms with Gasteiger partial charge in [-0.3, -0.25) is 4.79 Å². The van der Waals surface area contributed by atoms with Gasteiger partial charge in [-0.2, -0.15) is 5.10 Å². The number of aromatic nitrogens is 2. The Kier molecular flexibility index (Phi) is 9.33. The van der Waals surface area contributed by atoms with Crippen LogP contribution in [-0.4, -0.2) is 28.1 Å². The van der Waals surface area contributed by atoms with Crippen molar-refractivity contribution >= 4 is 47.0 Å². The second kappa shape index (κ2) is 13.1. The number of hydrogen-bond acceptors (Lipinski definition) is 8. The van der Waals surface area contributed by atoms with Gasteiger partial charge in [0.05, 0.1) is 12.0 Å². The predicted octanol–water partition coefficient (Wildman–Crippen LogP) is 5.96. The molecule has 9 heteroatoms. The first-order valence-corrected chi connectivity index (χ1v) is 13.7. The Morgan fingerprint density at radius 2 is 1.74 bits per heavy atom. The summed E-state index contributed by atoms with van der Waals surface area (Å²) < 4.78 is 7.48. The third-order valence-corrected chi connectivity index (χ3v) is 7.97. The van der Waals surface area contributed by atoms with Gasteiger partial charge in [0.1, 0.15) is 12.4 Å². The highest BCUT2D eigenvalue weighted by atomic mass is 32.2. The monoisotopic (exact) mass is 520 g/mol. The molecule has 0 fully saturated rings. The average molecular weight is 521 g/mol. The Balaban J connectivity index is 1.18. The minimum atomic E-state index is -0.202. The number of aryl methyl sites for hydroxylation is 1. The van der Waals surface area contributed by atoms with Crippen LogP contribution in [0.5, 0.6) is 5.75 Å². The van der Waals surface area contributed by atoms with Crippen LogP contribution in [0.3, 0.4) is 0 Å². The number of hydrogen-bond donors (Lipinski definition) is 1. The minimum Gasteiger partial charge on any atom is -0.489 e. The fraction of sp³-hybridized carbons (Fsp3) is 0.154. The zero-order valence-electron chi connectivity index (χ0n) is 19.1. The molecule has 1 amide bonds. The standard InChI is InChI=1S/C26H24N4O2S3/c1-19-10-12-21(13-11-19)17-33-25-29-30-26(35-25)34-18-24(31)28-27-15-22-8-5-9-23(14-22)32-16-20-6-3-2-4-7-20/h2-15H,16-18H2,1H3,(H,28,31). The average Bonchev–Trinajstić information content (AvgIpc) is 3.35. The maximum atomic E-state index is 12.2. The van der Waals surface area contributed by atoms with Crippen LogP contribution in [0.25, 0.3) is 0 Å². The molecular formula is C26H24N4O2S3. The molecule has 1 N–H and O–H groups in total. The van der Waals surface area contributed by atoms with Crippen molar-refractivity contribution in [2.45, 2.75) is 28.0 Å². The van der Waals surface area contributed by atoms with Crippen molar-refractivity contribution in [3.8, 4) is 5.75 Å². The molecule has 1 aromatic heterocycles. The molecule has 4 rings (SSSR count). The highest BCUT2D eigenvalue weighted by molar-refractivity contribution is 8.03. The minimum absolute atomic E-state index is 0.202. The molecule has 0 spiro atoms. The molecule has 6 nitrogen and oxygen atoms in total. The third-order valence-electron chi connectivity index (χ3n) is 4.71. The number of carbonyl (C=O) groups is 1. The first-order chi connectivity index (χ1) is 17.1. The lowest BCUT2D eigenvalue weighted by Gasteiger charge is -2.06. The van der Waals surface area contributed by atoms with Crippen LogP contribution in [0.1, 0.15) is 22.3 Å². The van der Waals surface area contributed by atoms with E-state index >= 15 is 0 Å². The number of carbonyl (C=O) groups excluding carboxylic acids is 1. The van der Waals surface area contributed by atoms with E-state index in [4.69, 9.17) is 4.74 Å². The van der Waals surface area contributed by atoms with E-state index in [9.17, 15) is 4.79 Å². The lowest BCUT2D eigenvalue weighted by atomic mass is 10.2. The zero-order chi connectivity index (χ0) is 24.3. The zero-order valence-corrected chi connectivity index (χ0v) is 21.5. The molecule has 0 bridgehead atoms. The molecule has 0 saturated carbocycles. The van der Waals surface area contributed by atoms with E-state index in [0.717, 1.165) is 31.3 Å². The van der Waals surface area contributed by atoms with Gasteiger partial charge in [-0.15, -0.1) is 10.2 Å². The first-order valence-electron chi connectivity index (χ1n) is 10.9. The third kappa shape index (κ3) is 8.54. The quantitative estimate of drug-likeness (QED) is 0.149. The molecule has 0 radical (unpaired) electrons. The van der Waals surface area contributed by atoms with Crippen LogP contribution in [0, 0.1) is 6.92 Å². The van der Waals surface area contributed by atoms with Gasteiger partial charge >= 0.3 is 0 Å². The number of benzene rings is 3.